The molecule has 0 aliphatic rings. The van der Waals surface area contributed by atoms with Gasteiger partial charge >= 0.3 is 6.09 Å². The van der Waals surface area contributed by atoms with Gasteiger partial charge in [0.1, 0.15) is 5.60 Å². The summed E-state index contributed by atoms with van der Waals surface area (Å²) in [6.07, 6.45) is 1.84. The molecule has 1 heterocycles. The molecule has 1 aromatic rings. The molecule has 0 radical (unpaired) electrons. The van der Waals surface area contributed by atoms with E-state index in [1.165, 1.54) is 0 Å². The molecule has 0 saturated carbocycles. The van der Waals surface area contributed by atoms with Gasteiger partial charge in [0.2, 0.25) is 0 Å². The number of aliphatic hydroxyl groups is 1. The standard InChI is InChI=1S/C18H33N3O3/c1-7-14-10-15(21(9-3)20-14)11-18(8-2,13-22)12-19-16(23)24-17(4,5)6/h10,22H,7-9,11-13H2,1-6H3,(H,19,23). The van der Waals surface area contributed by atoms with Crippen LogP contribution in [0.1, 0.15) is 59.4 Å². The summed E-state index contributed by atoms with van der Waals surface area (Å²) < 4.78 is 7.27. The molecule has 0 spiro atoms. The smallest absolute Gasteiger partial charge is 0.407 e. The van der Waals surface area contributed by atoms with Crippen molar-refractivity contribution in [2.45, 2.75) is 73.0 Å². The number of hydrogen-bond donors (Lipinski definition) is 2. The van der Waals surface area contributed by atoms with Crippen LogP contribution >= 0.6 is 0 Å². The molecule has 0 aromatic carbocycles. The molecule has 1 amide bonds. The SMILES string of the molecule is CCc1cc(CC(CC)(CO)CNC(=O)OC(C)(C)C)n(CC)n1. The molecule has 0 saturated heterocycles. The quantitative estimate of drug-likeness (QED) is 0.763. The van der Waals surface area contributed by atoms with Crippen molar-refractivity contribution >= 4 is 6.09 Å². The van der Waals surface area contributed by atoms with E-state index in [1.807, 2.05) is 32.4 Å². The Labute approximate surface area is 145 Å². The first kappa shape index (κ1) is 20.5. The van der Waals surface area contributed by atoms with Crippen LogP contribution in [0, 0.1) is 5.41 Å². The van der Waals surface area contributed by atoms with Gasteiger partial charge < -0.3 is 15.2 Å². The van der Waals surface area contributed by atoms with Crippen LogP contribution in [0.4, 0.5) is 4.79 Å². The van der Waals surface area contributed by atoms with Crippen molar-refractivity contribution in [3.8, 4) is 0 Å². The van der Waals surface area contributed by atoms with E-state index in [-0.39, 0.29) is 6.61 Å². The Morgan fingerprint density at radius 1 is 1.33 bits per heavy atom. The number of aryl methyl sites for hydroxylation is 2. The fraction of sp³-hybridized carbons (Fsp3) is 0.778. The predicted octanol–water partition coefficient (Wildman–Crippen LogP) is 2.92. The number of hydrogen-bond acceptors (Lipinski definition) is 4. The summed E-state index contributed by atoms with van der Waals surface area (Å²) in [5, 5.41) is 17.4. The van der Waals surface area contributed by atoms with Crippen LogP contribution in [0.5, 0.6) is 0 Å². The Balaban J connectivity index is 2.84. The van der Waals surface area contributed by atoms with Crippen molar-refractivity contribution in [3.63, 3.8) is 0 Å². The lowest BCUT2D eigenvalue weighted by molar-refractivity contribution is 0.0459. The molecular weight excluding hydrogens is 306 g/mol. The summed E-state index contributed by atoms with van der Waals surface area (Å²) >= 11 is 0. The lowest BCUT2D eigenvalue weighted by atomic mass is 9.81. The lowest BCUT2D eigenvalue weighted by Gasteiger charge is -2.31. The Bertz CT molecular complexity index is 528. The molecule has 0 aliphatic heterocycles. The van der Waals surface area contributed by atoms with E-state index < -0.39 is 17.1 Å². The van der Waals surface area contributed by atoms with E-state index in [9.17, 15) is 9.90 Å². The highest BCUT2D eigenvalue weighted by Gasteiger charge is 2.31. The molecule has 1 atom stereocenters. The van der Waals surface area contributed by atoms with E-state index in [1.54, 1.807) is 0 Å². The predicted molar refractivity (Wildman–Crippen MR) is 95.0 cm³/mol. The first-order chi connectivity index (χ1) is 11.2. The van der Waals surface area contributed by atoms with Gasteiger partial charge in [0.05, 0.1) is 12.3 Å². The molecule has 6 nitrogen and oxygen atoms in total. The number of rotatable bonds is 8. The normalized spacial score (nSPS) is 14.3. The number of carbonyl (C=O) groups excluding carboxylic acids is 1. The highest BCUT2D eigenvalue weighted by atomic mass is 16.6. The van der Waals surface area contributed by atoms with E-state index >= 15 is 0 Å². The number of alkyl carbamates (subject to hydrolysis) is 1. The number of ether oxygens (including phenoxy) is 1. The molecule has 6 heteroatoms. The van der Waals surface area contributed by atoms with Gasteiger partial charge in [0.15, 0.2) is 0 Å². The van der Waals surface area contributed by atoms with E-state index in [0.717, 1.165) is 30.8 Å². The monoisotopic (exact) mass is 339 g/mol. The molecule has 1 rings (SSSR count). The summed E-state index contributed by atoms with van der Waals surface area (Å²) in [6.45, 7) is 12.8. The molecule has 0 fully saturated rings. The third kappa shape index (κ3) is 5.82. The first-order valence-corrected chi connectivity index (χ1v) is 8.82. The van der Waals surface area contributed by atoms with Gasteiger partial charge in [0, 0.05) is 24.2 Å². The van der Waals surface area contributed by atoms with Gasteiger partial charge in [-0.1, -0.05) is 13.8 Å². The second kappa shape index (κ2) is 8.51. The molecule has 1 aromatic heterocycles. The zero-order chi connectivity index (χ0) is 18.4. The molecule has 1 unspecified atom stereocenters. The Morgan fingerprint density at radius 2 is 2.00 bits per heavy atom. The van der Waals surface area contributed by atoms with Crippen LogP contribution in [-0.2, 0) is 24.1 Å². The lowest BCUT2D eigenvalue weighted by Crippen LogP contribution is -2.43. The molecule has 0 aliphatic carbocycles. The van der Waals surface area contributed by atoms with Crippen LogP contribution in [0.3, 0.4) is 0 Å². The van der Waals surface area contributed by atoms with E-state index in [2.05, 4.69) is 30.3 Å². The minimum Gasteiger partial charge on any atom is -0.444 e. The molecule has 2 N–H and O–H groups in total. The van der Waals surface area contributed by atoms with E-state index in [0.29, 0.717) is 13.0 Å². The maximum Gasteiger partial charge on any atom is 0.407 e. The number of amides is 1. The minimum atomic E-state index is -0.533. The van der Waals surface area contributed by atoms with Crippen LogP contribution in [-0.4, -0.2) is 39.7 Å². The minimum absolute atomic E-state index is 0.00432. The summed E-state index contributed by atoms with van der Waals surface area (Å²) in [5.41, 5.74) is 1.19. The van der Waals surface area contributed by atoms with Crippen molar-refractivity contribution in [1.82, 2.24) is 15.1 Å². The third-order valence-corrected chi connectivity index (χ3v) is 4.22. The second-order valence-electron chi connectivity index (χ2n) is 7.34. The van der Waals surface area contributed by atoms with Crippen LogP contribution in [0.15, 0.2) is 6.07 Å². The zero-order valence-electron chi connectivity index (χ0n) is 16.0. The van der Waals surface area contributed by atoms with Gasteiger partial charge in [-0.05, 0) is 53.0 Å². The summed E-state index contributed by atoms with van der Waals surface area (Å²) in [4.78, 5) is 11.9. The Morgan fingerprint density at radius 3 is 2.46 bits per heavy atom. The number of nitrogens with one attached hydrogen (secondary N) is 1. The third-order valence-electron chi connectivity index (χ3n) is 4.22. The summed E-state index contributed by atoms with van der Waals surface area (Å²) in [7, 11) is 0. The van der Waals surface area contributed by atoms with Crippen molar-refractivity contribution in [2.75, 3.05) is 13.2 Å². The highest BCUT2D eigenvalue weighted by molar-refractivity contribution is 5.67. The average molecular weight is 339 g/mol. The molecule has 0 bridgehead atoms. The van der Waals surface area contributed by atoms with Gasteiger partial charge in [0.25, 0.3) is 0 Å². The fourth-order valence-corrected chi connectivity index (χ4v) is 2.60. The number of aliphatic hydroxyl groups excluding tert-OH is 1. The van der Waals surface area contributed by atoms with Gasteiger partial charge in [-0.2, -0.15) is 5.10 Å². The maximum absolute atomic E-state index is 11.9. The summed E-state index contributed by atoms with van der Waals surface area (Å²) in [6, 6.07) is 2.09. The average Bonchev–Trinajstić information content (AvgIpc) is 2.91. The number of aromatic nitrogens is 2. The highest BCUT2D eigenvalue weighted by Crippen LogP contribution is 2.27. The van der Waals surface area contributed by atoms with Crippen molar-refractivity contribution in [2.24, 2.45) is 5.41 Å². The maximum atomic E-state index is 11.9. The molecule has 138 valence electrons. The second-order valence-corrected chi connectivity index (χ2v) is 7.34. The number of nitrogens with zero attached hydrogens (tertiary/aromatic N) is 2. The summed E-state index contributed by atoms with van der Waals surface area (Å²) in [5.74, 6) is 0. The zero-order valence-corrected chi connectivity index (χ0v) is 16.0. The van der Waals surface area contributed by atoms with Crippen LogP contribution in [0.25, 0.3) is 0 Å². The Kier molecular flexibility index (Phi) is 7.27. The van der Waals surface area contributed by atoms with Gasteiger partial charge in [-0.3, -0.25) is 4.68 Å². The number of carbonyl (C=O) groups is 1. The van der Waals surface area contributed by atoms with Crippen molar-refractivity contribution in [3.05, 3.63) is 17.5 Å². The van der Waals surface area contributed by atoms with Crippen LogP contribution in [0.2, 0.25) is 0 Å². The molecular formula is C18H33N3O3. The Hall–Kier alpha value is -1.56. The van der Waals surface area contributed by atoms with Gasteiger partial charge in [-0.25, -0.2) is 4.79 Å². The van der Waals surface area contributed by atoms with E-state index in [4.69, 9.17) is 4.74 Å². The van der Waals surface area contributed by atoms with Crippen molar-refractivity contribution < 1.29 is 14.6 Å². The first-order valence-electron chi connectivity index (χ1n) is 8.82. The van der Waals surface area contributed by atoms with Gasteiger partial charge in [-0.15, -0.1) is 0 Å². The fourth-order valence-electron chi connectivity index (χ4n) is 2.60. The van der Waals surface area contributed by atoms with Crippen molar-refractivity contribution in [1.29, 1.82) is 0 Å². The molecule has 24 heavy (non-hydrogen) atoms. The topological polar surface area (TPSA) is 76.4 Å². The van der Waals surface area contributed by atoms with Crippen LogP contribution < -0.4 is 5.32 Å². The largest absolute Gasteiger partial charge is 0.444 e.